The molecule has 1 saturated heterocycles. The molecule has 0 radical (unpaired) electrons. The number of guanidine groups is 1. The molecule has 2 fully saturated rings. The number of hydrogen-bond donors (Lipinski definition) is 7. The molecule has 1 aliphatic heterocycles. The lowest BCUT2D eigenvalue weighted by atomic mass is 9.98. The number of amides is 2. The number of nitrogens with one attached hydrogen (secondary N) is 2. The molecule has 23 heteroatoms. The van der Waals surface area contributed by atoms with Gasteiger partial charge in [0, 0.05) is 31.3 Å². The van der Waals surface area contributed by atoms with Gasteiger partial charge < -0.3 is 42.1 Å². The molecule has 2 aromatic heterocycles. The van der Waals surface area contributed by atoms with Crippen molar-refractivity contribution in [1.82, 2.24) is 34.5 Å². The topological polar surface area (TPSA) is 321 Å². The van der Waals surface area contributed by atoms with Crippen molar-refractivity contribution in [3.8, 4) is 0 Å². The minimum atomic E-state index is -5.05. The van der Waals surface area contributed by atoms with E-state index < -0.39 is 58.0 Å². The van der Waals surface area contributed by atoms with Gasteiger partial charge in [-0.15, -0.1) is 11.3 Å². The van der Waals surface area contributed by atoms with Crippen LogP contribution in [-0.4, -0.2) is 121 Å². The molecule has 2 amide bonds. The summed E-state index contributed by atoms with van der Waals surface area (Å²) in [6, 6.07) is -2.89. The molecule has 2 aliphatic rings. The van der Waals surface area contributed by atoms with E-state index >= 15 is 0 Å². The number of ether oxygens (including phenoxy) is 1. The predicted molar refractivity (Wildman–Crippen MR) is 150 cm³/mol. The zero-order valence-corrected chi connectivity index (χ0v) is 24.5. The highest BCUT2D eigenvalue weighted by molar-refractivity contribution is 7.84. The number of carboxylic acids is 1. The third-order valence-corrected chi connectivity index (χ3v) is 8.11. The smallest absolute Gasteiger partial charge is 0.362 e. The van der Waals surface area contributed by atoms with Crippen LogP contribution in [0.2, 0.25) is 0 Å². The standard InChI is InChI=1S/C21H30N12O9S2/c22-3-5-41-6-4-31(19(23)24)8-11-7-26-32(29-11)9-13-15(17(35)33(13)44(38,39)40)28-16(34)14(12-10-43-20(25)27-12)30-42-21(1-2-21)18(36)37/h7,10,13,15H,1-6,8-9,22H2,(H3,23,24)(H2,25,27)(H,28,34)(H,36,37)(H,38,39,40)/t13-,15-/m0/s1. The third kappa shape index (κ3) is 7.36. The van der Waals surface area contributed by atoms with E-state index in [0.717, 1.165) is 16.1 Å². The van der Waals surface area contributed by atoms with Gasteiger partial charge >= 0.3 is 16.3 Å². The van der Waals surface area contributed by atoms with Crippen molar-refractivity contribution in [2.75, 3.05) is 32.0 Å². The molecule has 3 heterocycles. The summed E-state index contributed by atoms with van der Waals surface area (Å²) in [5, 5.41) is 32.9. The minimum Gasteiger partial charge on any atom is -0.478 e. The summed E-state index contributed by atoms with van der Waals surface area (Å²) >= 11 is 0.955. The summed E-state index contributed by atoms with van der Waals surface area (Å²) in [5.41, 5.74) is 14.8. The second kappa shape index (κ2) is 13.0. The van der Waals surface area contributed by atoms with E-state index in [1.165, 1.54) is 16.5 Å². The molecule has 0 spiro atoms. The van der Waals surface area contributed by atoms with Gasteiger partial charge in [0.2, 0.25) is 5.60 Å². The fourth-order valence-corrected chi connectivity index (χ4v) is 5.46. The molecular weight excluding hydrogens is 628 g/mol. The number of carboxylic acid groups (broad SMARTS) is 1. The maximum absolute atomic E-state index is 13.3. The maximum Gasteiger partial charge on any atom is 0.362 e. The number of nitrogen functional groups attached to an aromatic ring is 1. The Hall–Kier alpha value is -4.45. The zero-order chi connectivity index (χ0) is 32.2. The Bertz CT molecular complexity index is 1550. The first-order chi connectivity index (χ1) is 20.8. The average molecular weight is 659 g/mol. The third-order valence-electron chi connectivity index (χ3n) is 6.49. The van der Waals surface area contributed by atoms with Crippen LogP contribution < -0.4 is 22.5 Å². The van der Waals surface area contributed by atoms with Gasteiger partial charge in [-0.25, -0.2) is 14.1 Å². The van der Waals surface area contributed by atoms with Crippen LogP contribution in [0.15, 0.2) is 16.7 Å². The Morgan fingerprint density at radius 3 is 2.64 bits per heavy atom. The number of aliphatic carboxylic acids is 1. The minimum absolute atomic E-state index is 0.0432. The number of carbonyl (C=O) groups is 3. The van der Waals surface area contributed by atoms with Crippen molar-refractivity contribution in [3.63, 3.8) is 0 Å². The number of hydrogen-bond acceptors (Lipinski definition) is 15. The molecule has 21 nitrogen and oxygen atoms in total. The van der Waals surface area contributed by atoms with Crippen molar-refractivity contribution in [1.29, 1.82) is 5.41 Å². The average Bonchev–Trinajstić information content (AvgIpc) is 3.42. The summed E-state index contributed by atoms with van der Waals surface area (Å²) in [4.78, 5) is 49.1. The fourth-order valence-electron chi connectivity index (χ4n) is 4.04. The Morgan fingerprint density at radius 1 is 1.34 bits per heavy atom. The van der Waals surface area contributed by atoms with Gasteiger partial charge in [0.1, 0.15) is 23.5 Å². The van der Waals surface area contributed by atoms with Crippen LogP contribution in [0.5, 0.6) is 0 Å². The molecule has 2 aromatic rings. The van der Waals surface area contributed by atoms with Crippen LogP contribution in [0.1, 0.15) is 24.2 Å². The summed E-state index contributed by atoms with van der Waals surface area (Å²) in [5.74, 6) is -3.77. The van der Waals surface area contributed by atoms with E-state index in [2.05, 4.69) is 25.7 Å². The van der Waals surface area contributed by atoms with Crippen molar-refractivity contribution < 1.29 is 42.0 Å². The molecule has 44 heavy (non-hydrogen) atoms. The molecule has 1 aliphatic carbocycles. The van der Waals surface area contributed by atoms with Crippen molar-refractivity contribution in [3.05, 3.63) is 23.0 Å². The van der Waals surface area contributed by atoms with Crippen LogP contribution in [0.4, 0.5) is 5.13 Å². The van der Waals surface area contributed by atoms with Crippen LogP contribution in [0, 0.1) is 5.41 Å². The van der Waals surface area contributed by atoms with E-state index in [9.17, 15) is 32.5 Å². The Labute approximate surface area is 253 Å². The normalized spacial score (nSPS) is 19.3. The maximum atomic E-state index is 13.3. The predicted octanol–water partition coefficient (Wildman–Crippen LogP) is -3.48. The van der Waals surface area contributed by atoms with Crippen LogP contribution in [0.25, 0.3) is 0 Å². The van der Waals surface area contributed by atoms with E-state index in [1.807, 2.05) is 0 Å². The largest absolute Gasteiger partial charge is 0.478 e. The molecular formula is C21H30N12O9S2. The monoisotopic (exact) mass is 658 g/mol. The Balaban J connectivity index is 1.50. The second-order valence-electron chi connectivity index (χ2n) is 9.63. The SMILES string of the molecule is N=C(N)N(CCOCCN)Cc1cnn(C[C@H]2[C@H](NC(=O)C(=NOC3(C(=O)O)CC3)c3csc(N)n3)C(=O)N2S(=O)(=O)O)n1. The lowest BCUT2D eigenvalue weighted by molar-refractivity contribution is -0.153. The van der Waals surface area contributed by atoms with Gasteiger partial charge in [-0.3, -0.25) is 19.6 Å². The van der Waals surface area contributed by atoms with Crippen molar-refractivity contribution >= 4 is 56.2 Å². The van der Waals surface area contributed by atoms with Crippen LogP contribution in [-0.2, 0) is 47.4 Å². The zero-order valence-electron chi connectivity index (χ0n) is 22.9. The quantitative estimate of drug-likeness (QED) is 0.0230. The first-order valence-corrected chi connectivity index (χ1v) is 15.1. The molecule has 10 N–H and O–H groups in total. The van der Waals surface area contributed by atoms with E-state index in [1.54, 1.807) is 0 Å². The number of anilines is 1. The van der Waals surface area contributed by atoms with E-state index in [0.29, 0.717) is 18.8 Å². The van der Waals surface area contributed by atoms with E-state index in [-0.39, 0.29) is 53.6 Å². The van der Waals surface area contributed by atoms with Gasteiger partial charge in [-0.05, 0) is 0 Å². The number of thiazole rings is 1. The summed E-state index contributed by atoms with van der Waals surface area (Å²) in [6.07, 6.45) is 1.63. The lowest BCUT2D eigenvalue weighted by Gasteiger charge is -2.43. The number of nitrogens with two attached hydrogens (primary N) is 3. The highest BCUT2D eigenvalue weighted by atomic mass is 32.2. The number of oxime groups is 1. The molecule has 4 rings (SSSR count). The Morgan fingerprint density at radius 2 is 2.07 bits per heavy atom. The molecule has 0 bridgehead atoms. The lowest BCUT2D eigenvalue weighted by Crippen LogP contribution is -2.73. The van der Waals surface area contributed by atoms with Crippen LogP contribution in [0.3, 0.4) is 0 Å². The summed E-state index contributed by atoms with van der Waals surface area (Å²) in [6.45, 7) is 0.779. The highest BCUT2D eigenvalue weighted by Gasteiger charge is 2.56. The fraction of sp³-hybridized carbons (Fsp3) is 0.524. The highest BCUT2D eigenvalue weighted by Crippen LogP contribution is 2.40. The number of aromatic nitrogens is 4. The number of carbonyl (C=O) groups excluding carboxylic acids is 2. The van der Waals surface area contributed by atoms with Gasteiger partial charge in [-0.2, -0.15) is 23.4 Å². The molecule has 0 unspecified atom stereocenters. The van der Waals surface area contributed by atoms with Crippen molar-refractivity contribution in [2.45, 2.75) is 43.6 Å². The molecule has 2 atom stereocenters. The summed E-state index contributed by atoms with van der Waals surface area (Å²) < 4.78 is 39.1. The first kappa shape index (κ1) is 32.5. The molecule has 0 aromatic carbocycles. The van der Waals surface area contributed by atoms with Crippen LogP contribution >= 0.6 is 11.3 Å². The number of β-lactam (4-membered cyclic amide) rings is 1. The first-order valence-electron chi connectivity index (χ1n) is 12.8. The van der Waals surface area contributed by atoms with Gasteiger partial charge in [0.05, 0.1) is 32.5 Å². The van der Waals surface area contributed by atoms with E-state index in [4.69, 9.17) is 32.2 Å². The number of rotatable bonds is 16. The van der Waals surface area contributed by atoms with Crippen molar-refractivity contribution in [2.24, 2.45) is 16.6 Å². The molecule has 240 valence electrons. The van der Waals surface area contributed by atoms with Gasteiger partial charge in [0.15, 0.2) is 16.8 Å². The Kier molecular flexibility index (Phi) is 9.62. The number of nitrogens with zero attached hydrogens (tertiary/aromatic N) is 7. The second-order valence-corrected chi connectivity index (χ2v) is 11.8. The molecule has 1 saturated carbocycles. The van der Waals surface area contributed by atoms with Gasteiger partial charge in [-0.1, -0.05) is 5.16 Å². The summed E-state index contributed by atoms with van der Waals surface area (Å²) in [7, 11) is -5.05. The van der Waals surface area contributed by atoms with Gasteiger partial charge in [0.25, 0.3) is 11.8 Å².